The monoisotopic (exact) mass is 287 g/mol. The lowest BCUT2D eigenvalue weighted by molar-refractivity contribution is -0.224. The summed E-state index contributed by atoms with van der Waals surface area (Å²) >= 11 is 0. The molecule has 5 unspecified atom stereocenters. The highest BCUT2D eigenvalue weighted by molar-refractivity contribution is 5.40. The summed E-state index contributed by atoms with van der Waals surface area (Å²) in [5, 5.41) is 45.1. The SMILES string of the molecule is CC1OC(CO)C(O)C(O)C1O.Nc1ccc(O)cc1. The Kier molecular flexibility index (Phi) is 6.18. The third kappa shape index (κ3) is 4.32. The zero-order valence-electron chi connectivity index (χ0n) is 11.1. The molecule has 0 spiro atoms. The van der Waals surface area contributed by atoms with Crippen molar-refractivity contribution in [2.24, 2.45) is 0 Å². The second kappa shape index (κ2) is 7.41. The lowest BCUT2D eigenvalue weighted by Gasteiger charge is -2.38. The number of hydrogen-bond donors (Lipinski definition) is 6. The lowest BCUT2D eigenvalue weighted by atomic mass is 9.96. The maximum Gasteiger partial charge on any atom is 0.115 e. The number of benzene rings is 1. The number of phenols is 1. The zero-order valence-corrected chi connectivity index (χ0v) is 11.1. The molecule has 2 rings (SSSR count). The average Bonchev–Trinajstić information content (AvgIpc) is 2.44. The predicted octanol–water partition coefficient (Wildman–Crippen LogP) is -1.18. The maximum absolute atomic E-state index is 9.23. The summed E-state index contributed by atoms with van der Waals surface area (Å²) in [7, 11) is 0. The number of aromatic hydroxyl groups is 1. The van der Waals surface area contributed by atoms with Gasteiger partial charge in [-0.1, -0.05) is 0 Å². The van der Waals surface area contributed by atoms with Gasteiger partial charge in [-0.15, -0.1) is 0 Å². The quantitative estimate of drug-likeness (QED) is 0.282. The van der Waals surface area contributed by atoms with Gasteiger partial charge in [0.15, 0.2) is 0 Å². The summed E-state index contributed by atoms with van der Waals surface area (Å²) in [6.07, 6.45) is -4.94. The molecule has 0 aliphatic carbocycles. The first-order chi connectivity index (χ1) is 9.36. The van der Waals surface area contributed by atoms with Crippen LogP contribution < -0.4 is 5.73 Å². The van der Waals surface area contributed by atoms with E-state index in [9.17, 15) is 15.3 Å². The van der Waals surface area contributed by atoms with Crippen LogP contribution in [0.4, 0.5) is 5.69 Å². The highest BCUT2D eigenvalue weighted by Crippen LogP contribution is 2.20. The Bertz CT molecular complexity index is 373. The van der Waals surface area contributed by atoms with Crippen LogP contribution in [-0.4, -0.2) is 62.7 Å². The summed E-state index contributed by atoms with van der Waals surface area (Å²) in [5.74, 6) is 0.249. The smallest absolute Gasteiger partial charge is 0.115 e. The number of nitrogen functional groups attached to an aromatic ring is 1. The summed E-state index contributed by atoms with van der Waals surface area (Å²) in [6, 6.07) is 6.40. The van der Waals surface area contributed by atoms with E-state index >= 15 is 0 Å². The van der Waals surface area contributed by atoms with Gasteiger partial charge in [0.2, 0.25) is 0 Å². The van der Waals surface area contributed by atoms with Gasteiger partial charge in [-0.05, 0) is 31.2 Å². The fourth-order valence-corrected chi connectivity index (χ4v) is 1.76. The second-order valence-corrected chi connectivity index (χ2v) is 4.63. The number of phenolic OH excluding ortho intramolecular Hbond substituents is 1. The standard InChI is InChI=1S/C7H14O5.C6H7NO/c1-3-5(9)7(11)6(10)4(2-8)12-3;7-5-1-3-6(8)4-2-5/h3-11H,2H2,1H3;1-4,8H,7H2. The third-order valence-corrected chi connectivity index (χ3v) is 3.02. The molecule has 7 heteroatoms. The number of rotatable bonds is 1. The van der Waals surface area contributed by atoms with E-state index in [-0.39, 0.29) is 12.4 Å². The first-order valence-electron chi connectivity index (χ1n) is 6.21. The van der Waals surface area contributed by atoms with Crippen LogP contribution in [0.25, 0.3) is 0 Å². The molecule has 0 saturated carbocycles. The van der Waals surface area contributed by atoms with Gasteiger partial charge in [-0.2, -0.15) is 0 Å². The second-order valence-electron chi connectivity index (χ2n) is 4.63. The van der Waals surface area contributed by atoms with Crippen molar-refractivity contribution in [3.05, 3.63) is 24.3 Å². The molecule has 7 nitrogen and oxygen atoms in total. The topological polar surface area (TPSA) is 136 Å². The lowest BCUT2D eigenvalue weighted by Crippen LogP contribution is -2.57. The minimum Gasteiger partial charge on any atom is -0.508 e. The molecule has 1 heterocycles. The van der Waals surface area contributed by atoms with Gasteiger partial charge in [0, 0.05) is 5.69 Å². The molecule has 0 amide bonds. The van der Waals surface area contributed by atoms with Gasteiger partial charge < -0.3 is 36.0 Å². The summed E-state index contributed by atoms with van der Waals surface area (Å²) in [6.45, 7) is 1.21. The van der Waals surface area contributed by atoms with E-state index in [1.165, 1.54) is 0 Å². The van der Waals surface area contributed by atoms with Crippen LogP contribution in [0.2, 0.25) is 0 Å². The van der Waals surface area contributed by atoms with Gasteiger partial charge in [0.1, 0.15) is 30.2 Å². The van der Waals surface area contributed by atoms with Crippen molar-refractivity contribution >= 4 is 5.69 Å². The van der Waals surface area contributed by atoms with E-state index in [1.807, 2.05) is 0 Å². The molecule has 1 aliphatic rings. The maximum atomic E-state index is 9.23. The molecule has 1 aromatic carbocycles. The molecule has 7 N–H and O–H groups in total. The van der Waals surface area contributed by atoms with E-state index in [0.717, 1.165) is 0 Å². The minimum atomic E-state index is -1.24. The van der Waals surface area contributed by atoms with E-state index in [1.54, 1.807) is 31.2 Å². The average molecular weight is 287 g/mol. The number of hydrogen-bond acceptors (Lipinski definition) is 7. The van der Waals surface area contributed by atoms with Crippen LogP contribution in [0.15, 0.2) is 24.3 Å². The summed E-state index contributed by atoms with van der Waals surface area (Å²) in [5.41, 5.74) is 5.98. The van der Waals surface area contributed by atoms with E-state index in [2.05, 4.69) is 0 Å². The molecular weight excluding hydrogens is 266 g/mol. The fourth-order valence-electron chi connectivity index (χ4n) is 1.76. The molecule has 0 radical (unpaired) electrons. The van der Waals surface area contributed by atoms with Crippen LogP contribution in [0.1, 0.15) is 6.92 Å². The normalized spacial score (nSPS) is 33.1. The van der Waals surface area contributed by atoms with Crippen molar-refractivity contribution < 1.29 is 30.3 Å². The Balaban J connectivity index is 0.000000217. The van der Waals surface area contributed by atoms with E-state index < -0.39 is 30.5 Å². The molecule has 0 bridgehead atoms. The number of aliphatic hydroxyl groups excluding tert-OH is 4. The van der Waals surface area contributed by atoms with Crippen molar-refractivity contribution in [1.82, 2.24) is 0 Å². The molecule has 20 heavy (non-hydrogen) atoms. The number of anilines is 1. The Morgan fingerprint density at radius 1 is 1.05 bits per heavy atom. The summed E-state index contributed by atoms with van der Waals surface area (Å²) in [4.78, 5) is 0. The first-order valence-corrected chi connectivity index (χ1v) is 6.21. The molecule has 1 saturated heterocycles. The van der Waals surface area contributed by atoms with Crippen LogP contribution in [0.5, 0.6) is 5.75 Å². The molecular formula is C13H21NO6. The molecule has 0 aromatic heterocycles. The predicted molar refractivity (Wildman–Crippen MR) is 72.0 cm³/mol. The number of ether oxygens (including phenoxy) is 1. The van der Waals surface area contributed by atoms with Crippen LogP contribution in [0, 0.1) is 0 Å². The van der Waals surface area contributed by atoms with Crippen molar-refractivity contribution in [3.8, 4) is 5.75 Å². The van der Waals surface area contributed by atoms with Crippen LogP contribution >= 0.6 is 0 Å². The zero-order chi connectivity index (χ0) is 15.3. The third-order valence-electron chi connectivity index (χ3n) is 3.02. The number of aliphatic hydroxyl groups is 4. The minimum absolute atomic E-state index is 0.249. The fraction of sp³-hybridized carbons (Fsp3) is 0.538. The van der Waals surface area contributed by atoms with Gasteiger partial charge in [-0.25, -0.2) is 0 Å². The van der Waals surface area contributed by atoms with Crippen LogP contribution in [-0.2, 0) is 4.74 Å². The first kappa shape index (κ1) is 16.7. The molecule has 1 aliphatic heterocycles. The van der Waals surface area contributed by atoms with Crippen LogP contribution in [0.3, 0.4) is 0 Å². The number of nitrogens with two attached hydrogens (primary N) is 1. The molecule has 114 valence electrons. The Morgan fingerprint density at radius 2 is 1.60 bits per heavy atom. The van der Waals surface area contributed by atoms with Gasteiger partial charge >= 0.3 is 0 Å². The van der Waals surface area contributed by atoms with Crippen molar-refractivity contribution in [3.63, 3.8) is 0 Å². The molecule has 1 fully saturated rings. The van der Waals surface area contributed by atoms with Crippen molar-refractivity contribution in [2.45, 2.75) is 37.4 Å². The van der Waals surface area contributed by atoms with E-state index in [4.69, 9.17) is 20.7 Å². The Labute approximate surface area is 116 Å². The van der Waals surface area contributed by atoms with E-state index in [0.29, 0.717) is 5.69 Å². The molecule has 1 aromatic rings. The Hall–Kier alpha value is -1.38. The van der Waals surface area contributed by atoms with Crippen molar-refractivity contribution in [1.29, 1.82) is 0 Å². The van der Waals surface area contributed by atoms with Crippen molar-refractivity contribution in [2.75, 3.05) is 12.3 Å². The van der Waals surface area contributed by atoms with Gasteiger partial charge in [0.25, 0.3) is 0 Å². The van der Waals surface area contributed by atoms with Gasteiger partial charge in [0.05, 0.1) is 12.7 Å². The van der Waals surface area contributed by atoms with Gasteiger partial charge in [-0.3, -0.25) is 0 Å². The largest absolute Gasteiger partial charge is 0.508 e. The highest BCUT2D eigenvalue weighted by atomic mass is 16.5. The molecule has 5 atom stereocenters. The highest BCUT2D eigenvalue weighted by Gasteiger charge is 2.41. The summed E-state index contributed by atoms with van der Waals surface area (Å²) < 4.78 is 5.02. The Morgan fingerprint density at radius 3 is 2.05 bits per heavy atom.